The Morgan fingerprint density at radius 3 is 3.00 bits per heavy atom. The summed E-state index contributed by atoms with van der Waals surface area (Å²) in [5.41, 5.74) is 0.873. The lowest BCUT2D eigenvalue weighted by Gasteiger charge is -2.24. The molecule has 0 amide bonds. The lowest BCUT2D eigenvalue weighted by Crippen LogP contribution is -2.26. The molecular weight excluding hydrogens is 280 g/mol. The summed E-state index contributed by atoms with van der Waals surface area (Å²) < 4.78 is 12.4. The number of furan rings is 1. The molecule has 0 fully saturated rings. The van der Waals surface area contributed by atoms with Crippen LogP contribution in [0.15, 0.2) is 16.5 Å². The van der Waals surface area contributed by atoms with Gasteiger partial charge in [0.05, 0.1) is 12.8 Å². The highest BCUT2D eigenvalue weighted by Crippen LogP contribution is 2.36. The van der Waals surface area contributed by atoms with Crippen LogP contribution in [0.1, 0.15) is 30.3 Å². The fraction of sp³-hybridized carbons (Fsp3) is 0.429. The fourth-order valence-electron chi connectivity index (χ4n) is 2.68. The van der Waals surface area contributed by atoms with Crippen molar-refractivity contribution >= 4 is 17.6 Å². The van der Waals surface area contributed by atoms with Crippen molar-refractivity contribution in [1.82, 2.24) is 9.55 Å². The highest BCUT2D eigenvalue weighted by molar-refractivity contribution is 6.30. The number of nitrogens with zero attached hydrogens (tertiary/aromatic N) is 2. The van der Waals surface area contributed by atoms with Crippen molar-refractivity contribution in [2.75, 3.05) is 7.11 Å². The van der Waals surface area contributed by atoms with Crippen LogP contribution in [0, 0.1) is 6.92 Å². The van der Waals surface area contributed by atoms with E-state index in [-0.39, 0.29) is 12.0 Å². The Kier molecular flexibility index (Phi) is 3.30. The number of rotatable bonds is 2. The van der Waals surface area contributed by atoms with Gasteiger partial charge in [0.1, 0.15) is 11.8 Å². The van der Waals surface area contributed by atoms with Crippen molar-refractivity contribution in [3.8, 4) is 11.6 Å². The number of methoxy groups -OCH3 is 1. The summed E-state index contributed by atoms with van der Waals surface area (Å²) in [6, 6.07) is 3.31. The van der Waals surface area contributed by atoms with Crippen LogP contribution in [0.3, 0.4) is 0 Å². The van der Waals surface area contributed by atoms with Crippen LogP contribution >= 0.6 is 11.6 Å². The molecule has 0 aliphatic carbocycles. The second-order valence-electron chi connectivity index (χ2n) is 4.88. The van der Waals surface area contributed by atoms with Gasteiger partial charge >= 0.3 is 5.97 Å². The maximum Gasteiger partial charge on any atom is 0.328 e. The van der Waals surface area contributed by atoms with Crippen LogP contribution in [0.5, 0.6) is 0 Å². The number of halogens is 1. The Bertz CT molecular complexity index is 659. The number of aryl methyl sites for hydroxylation is 1. The zero-order valence-corrected chi connectivity index (χ0v) is 12.1. The van der Waals surface area contributed by atoms with Gasteiger partial charge in [0, 0.05) is 0 Å². The van der Waals surface area contributed by atoms with Crippen LogP contribution in [-0.2, 0) is 16.0 Å². The van der Waals surface area contributed by atoms with Gasteiger partial charge in [-0.05, 0) is 38.3 Å². The van der Waals surface area contributed by atoms with Crippen LogP contribution in [0.4, 0.5) is 0 Å². The summed E-state index contributed by atoms with van der Waals surface area (Å²) in [5, 5.41) is 0.433. The van der Waals surface area contributed by atoms with Crippen LogP contribution in [-0.4, -0.2) is 22.6 Å². The van der Waals surface area contributed by atoms with Crippen molar-refractivity contribution in [3.05, 3.63) is 28.7 Å². The van der Waals surface area contributed by atoms with Crippen molar-refractivity contribution in [1.29, 1.82) is 0 Å². The van der Waals surface area contributed by atoms with Gasteiger partial charge in [-0.25, -0.2) is 9.78 Å². The summed E-state index contributed by atoms with van der Waals surface area (Å²) in [5.74, 6) is 1.73. The molecule has 20 heavy (non-hydrogen) atoms. The second kappa shape index (κ2) is 4.98. The molecule has 0 aromatic carbocycles. The monoisotopic (exact) mass is 294 g/mol. The molecule has 0 spiro atoms. The first kappa shape index (κ1) is 13.2. The van der Waals surface area contributed by atoms with E-state index in [1.54, 1.807) is 0 Å². The zero-order valence-electron chi connectivity index (χ0n) is 11.4. The SMILES string of the molecule is COC(=O)C1CCCc2c(Cl)nc(-c3ccc(C)o3)n21. The van der Waals surface area contributed by atoms with E-state index in [0.717, 1.165) is 30.7 Å². The summed E-state index contributed by atoms with van der Waals surface area (Å²) in [6.45, 7) is 1.86. The van der Waals surface area contributed by atoms with Gasteiger partial charge in [0.2, 0.25) is 0 Å². The average Bonchev–Trinajstić information content (AvgIpc) is 3.02. The number of hydrogen-bond acceptors (Lipinski definition) is 4. The minimum absolute atomic E-state index is 0.274. The van der Waals surface area contributed by atoms with Gasteiger partial charge in [0.25, 0.3) is 0 Å². The van der Waals surface area contributed by atoms with E-state index in [9.17, 15) is 4.79 Å². The van der Waals surface area contributed by atoms with Gasteiger partial charge in [-0.15, -0.1) is 0 Å². The molecule has 106 valence electrons. The summed E-state index contributed by atoms with van der Waals surface area (Å²) >= 11 is 6.21. The fourth-order valence-corrected chi connectivity index (χ4v) is 2.94. The molecule has 0 saturated carbocycles. The molecular formula is C14H15ClN2O3. The molecule has 1 atom stereocenters. The number of imidazole rings is 1. The van der Waals surface area contributed by atoms with E-state index in [0.29, 0.717) is 16.7 Å². The maximum absolute atomic E-state index is 12.0. The Hall–Kier alpha value is -1.75. The first-order valence-electron chi connectivity index (χ1n) is 6.53. The lowest BCUT2D eigenvalue weighted by molar-refractivity contribution is -0.145. The number of aromatic nitrogens is 2. The first-order valence-corrected chi connectivity index (χ1v) is 6.91. The van der Waals surface area contributed by atoms with Crippen LogP contribution < -0.4 is 0 Å². The second-order valence-corrected chi connectivity index (χ2v) is 5.24. The number of carbonyl (C=O) groups excluding carboxylic acids is 1. The van der Waals surface area contributed by atoms with Crippen LogP contribution in [0.25, 0.3) is 11.6 Å². The molecule has 5 nitrogen and oxygen atoms in total. The van der Waals surface area contributed by atoms with Crippen molar-refractivity contribution in [2.24, 2.45) is 0 Å². The Balaban J connectivity index is 2.15. The minimum atomic E-state index is -0.385. The van der Waals surface area contributed by atoms with Gasteiger partial charge < -0.3 is 13.7 Å². The maximum atomic E-state index is 12.0. The lowest BCUT2D eigenvalue weighted by atomic mass is 10.0. The topological polar surface area (TPSA) is 57.3 Å². The molecule has 1 unspecified atom stereocenters. The van der Waals surface area contributed by atoms with E-state index >= 15 is 0 Å². The quantitative estimate of drug-likeness (QED) is 0.798. The number of hydrogen-bond donors (Lipinski definition) is 0. The van der Waals surface area contributed by atoms with Gasteiger partial charge in [-0.1, -0.05) is 11.6 Å². The third-order valence-corrected chi connectivity index (χ3v) is 3.90. The molecule has 6 heteroatoms. The normalized spacial score (nSPS) is 17.9. The third-order valence-electron chi connectivity index (χ3n) is 3.60. The average molecular weight is 295 g/mol. The minimum Gasteiger partial charge on any atom is -0.467 e. The van der Waals surface area contributed by atoms with Crippen molar-refractivity contribution < 1.29 is 13.9 Å². The number of ether oxygens (including phenoxy) is 1. The van der Waals surface area contributed by atoms with E-state index in [1.165, 1.54) is 7.11 Å². The highest BCUT2D eigenvalue weighted by Gasteiger charge is 2.32. The number of esters is 1. The third kappa shape index (κ3) is 2.02. The Labute approximate surface area is 121 Å². The molecule has 1 aliphatic heterocycles. The number of fused-ring (bicyclic) bond motifs is 1. The predicted octanol–water partition coefficient (Wildman–Crippen LogP) is 3.16. The molecule has 2 aromatic heterocycles. The molecule has 3 heterocycles. The molecule has 0 bridgehead atoms. The summed E-state index contributed by atoms with van der Waals surface area (Å²) in [4.78, 5) is 16.4. The van der Waals surface area contributed by atoms with E-state index in [4.69, 9.17) is 20.8 Å². The first-order chi connectivity index (χ1) is 9.61. The molecule has 0 saturated heterocycles. The van der Waals surface area contributed by atoms with E-state index in [2.05, 4.69) is 4.98 Å². The molecule has 0 N–H and O–H groups in total. The Morgan fingerprint density at radius 1 is 1.55 bits per heavy atom. The number of carbonyl (C=O) groups is 1. The largest absolute Gasteiger partial charge is 0.467 e. The van der Waals surface area contributed by atoms with Gasteiger partial charge in [-0.3, -0.25) is 0 Å². The molecule has 2 aromatic rings. The summed E-state index contributed by atoms with van der Waals surface area (Å²) in [6.07, 6.45) is 2.42. The predicted molar refractivity (Wildman–Crippen MR) is 73.7 cm³/mol. The molecule has 3 rings (SSSR count). The molecule has 0 radical (unpaired) electrons. The van der Waals surface area contributed by atoms with E-state index < -0.39 is 0 Å². The van der Waals surface area contributed by atoms with Crippen molar-refractivity contribution in [2.45, 2.75) is 32.2 Å². The smallest absolute Gasteiger partial charge is 0.328 e. The van der Waals surface area contributed by atoms with Gasteiger partial charge in [-0.2, -0.15) is 0 Å². The Morgan fingerprint density at radius 2 is 2.35 bits per heavy atom. The van der Waals surface area contributed by atoms with Crippen molar-refractivity contribution in [3.63, 3.8) is 0 Å². The van der Waals surface area contributed by atoms with E-state index in [1.807, 2.05) is 23.6 Å². The highest BCUT2D eigenvalue weighted by atomic mass is 35.5. The summed E-state index contributed by atoms with van der Waals surface area (Å²) in [7, 11) is 1.39. The standard InChI is InChI=1S/C14H15ClN2O3/c1-8-6-7-11(20-8)13-16-12(15)9-4-3-5-10(17(9)13)14(18)19-2/h6-7,10H,3-5H2,1-2H3. The van der Waals surface area contributed by atoms with Gasteiger partial charge in [0.15, 0.2) is 16.7 Å². The zero-order chi connectivity index (χ0) is 14.3. The van der Waals surface area contributed by atoms with Crippen LogP contribution in [0.2, 0.25) is 5.15 Å². The molecule has 1 aliphatic rings.